The van der Waals surface area contributed by atoms with Crippen LogP contribution in [0.2, 0.25) is 0 Å². The highest BCUT2D eigenvalue weighted by Gasteiger charge is 2.13. The quantitative estimate of drug-likeness (QED) is 0.856. The van der Waals surface area contributed by atoms with E-state index in [-0.39, 0.29) is 0 Å². The van der Waals surface area contributed by atoms with Crippen molar-refractivity contribution in [2.45, 2.75) is 40.0 Å². The van der Waals surface area contributed by atoms with Crippen molar-refractivity contribution in [1.82, 2.24) is 9.97 Å². The molecule has 19 heavy (non-hydrogen) atoms. The second-order valence-corrected chi connectivity index (χ2v) is 4.62. The summed E-state index contributed by atoms with van der Waals surface area (Å²) in [5, 5.41) is 3.37. The fourth-order valence-corrected chi connectivity index (χ4v) is 1.97. The van der Waals surface area contributed by atoms with Gasteiger partial charge in [-0.1, -0.05) is 13.8 Å². The summed E-state index contributed by atoms with van der Waals surface area (Å²) in [5.41, 5.74) is 1.94. The minimum absolute atomic E-state index is 0.803. The van der Waals surface area contributed by atoms with Crippen molar-refractivity contribution in [2.24, 2.45) is 0 Å². The number of aryl methyl sites for hydroxylation is 1. The first-order chi connectivity index (χ1) is 9.26. The SMILES string of the molecule is CCCNc1nc(CCC)nc(-c2ccco2)c1C. The molecular formula is C15H21N3O. The van der Waals surface area contributed by atoms with Gasteiger partial charge in [-0.2, -0.15) is 0 Å². The lowest BCUT2D eigenvalue weighted by Crippen LogP contribution is -2.09. The molecule has 0 amide bonds. The van der Waals surface area contributed by atoms with Gasteiger partial charge in [0.2, 0.25) is 0 Å². The number of aromatic nitrogens is 2. The third-order valence-corrected chi connectivity index (χ3v) is 2.96. The highest BCUT2D eigenvalue weighted by atomic mass is 16.3. The Morgan fingerprint density at radius 2 is 2.05 bits per heavy atom. The summed E-state index contributed by atoms with van der Waals surface area (Å²) >= 11 is 0. The van der Waals surface area contributed by atoms with Crippen LogP contribution in [0.3, 0.4) is 0 Å². The Labute approximate surface area is 114 Å². The maximum absolute atomic E-state index is 5.47. The topological polar surface area (TPSA) is 51.0 Å². The molecule has 0 atom stereocenters. The Balaban J connectivity index is 2.43. The second-order valence-electron chi connectivity index (χ2n) is 4.62. The van der Waals surface area contributed by atoms with Crippen LogP contribution in [0, 0.1) is 6.92 Å². The molecule has 2 aromatic heterocycles. The summed E-state index contributed by atoms with van der Waals surface area (Å²) in [6.07, 6.45) is 4.67. The van der Waals surface area contributed by atoms with Crippen molar-refractivity contribution in [1.29, 1.82) is 0 Å². The van der Waals surface area contributed by atoms with Crippen LogP contribution in [0.4, 0.5) is 5.82 Å². The summed E-state index contributed by atoms with van der Waals surface area (Å²) in [7, 11) is 0. The molecule has 2 aromatic rings. The molecule has 0 saturated carbocycles. The summed E-state index contributed by atoms with van der Waals surface area (Å²) in [5.74, 6) is 2.60. The standard InChI is InChI=1S/C15H21N3O/c1-4-7-13-17-14(12-8-6-10-19-12)11(3)15(18-13)16-9-5-2/h6,8,10H,4-5,7,9H2,1-3H3,(H,16,17,18). The Bertz CT molecular complexity index is 520. The number of anilines is 1. The maximum atomic E-state index is 5.47. The van der Waals surface area contributed by atoms with Gasteiger partial charge in [0.25, 0.3) is 0 Å². The predicted octanol–water partition coefficient (Wildman–Crippen LogP) is 3.82. The fourth-order valence-electron chi connectivity index (χ4n) is 1.97. The van der Waals surface area contributed by atoms with Crippen molar-refractivity contribution in [3.8, 4) is 11.5 Å². The van der Waals surface area contributed by atoms with Gasteiger partial charge >= 0.3 is 0 Å². The van der Waals surface area contributed by atoms with Crippen LogP contribution in [-0.2, 0) is 6.42 Å². The van der Waals surface area contributed by atoms with E-state index in [2.05, 4.69) is 29.1 Å². The van der Waals surface area contributed by atoms with Crippen LogP contribution in [0.1, 0.15) is 38.1 Å². The zero-order chi connectivity index (χ0) is 13.7. The lowest BCUT2D eigenvalue weighted by Gasteiger charge is -2.12. The van der Waals surface area contributed by atoms with E-state index in [4.69, 9.17) is 4.42 Å². The molecule has 0 saturated heterocycles. The first-order valence-electron chi connectivity index (χ1n) is 6.91. The molecule has 0 aliphatic heterocycles. The van der Waals surface area contributed by atoms with E-state index < -0.39 is 0 Å². The molecule has 0 spiro atoms. The first-order valence-corrected chi connectivity index (χ1v) is 6.91. The van der Waals surface area contributed by atoms with E-state index in [0.717, 1.165) is 54.5 Å². The van der Waals surface area contributed by atoms with Crippen molar-refractivity contribution in [3.63, 3.8) is 0 Å². The largest absolute Gasteiger partial charge is 0.463 e. The molecule has 102 valence electrons. The Hall–Kier alpha value is -1.84. The fraction of sp³-hybridized carbons (Fsp3) is 0.467. The molecule has 0 fully saturated rings. The number of furan rings is 1. The zero-order valence-electron chi connectivity index (χ0n) is 11.9. The molecule has 0 unspecified atom stereocenters. The molecule has 2 heterocycles. The average molecular weight is 259 g/mol. The van der Waals surface area contributed by atoms with Gasteiger partial charge in [0.15, 0.2) is 5.76 Å². The van der Waals surface area contributed by atoms with Gasteiger partial charge in [0.05, 0.1) is 6.26 Å². The van der Waals surface area contributed by atoms with Crippen LogP contribution >= 0.6 is 0 Å². The molecule has 0 aliphatic carbocycles. The molecule has 0 radical (unpaired) electrons. The van der Waals surface area contributed by atoms with Gasteiger partial charge in [-0.15, -0.1) is 0 Å². The average Bonchev–Trinajstić information content (AvgIpc) is 2.93. The van der Waals surface area contributed by atoms with Crippen LogP contribution in [0.25, 0.3) is 11.5 Å². The van der Waals surface area contributed by atoms with Gasteiger partial charge < -0.3 is 9.73 Å². The van der Waals surface area contributed by atoms with Crippen molar-refractivity contribution >= 4 is 5.82 Å². The monoisotopic (exact) mass is 259 g/mol. The highest BCUT2D eigenvalue weighted by molar-refractivity contribution is 5.64. The van der Waals surface area contributed by atoms with Crippen LogP contribution < -0.4 is 5.32 Å². The Kier molecular flexibility index (Phi) is 4.55. The molecule has 1 N–H and O–H groups in total. The summed E-state index contributed by atoms with van der Waals surface area (Å²) in [4.78, 5) is 9.23. The second kappa shape index (κ2) is 6.36. The molecular weight excluding hydrogens is 238 g/mol. The first kappa shape index (κ1) is 13.6. The summed E-state index contributed by atoms with van der Waals surface area (Å²) in [6.45, 7) is 7.23. The predicted molar refractivity (Wildman–Crippen MR) is 77.2 cm³/mol. The van der Waals surface area contributed by atoms with E-state index in [1.54, 1.807) is 6.26 Å². The highest BCUT2D eigenvalue weighted by Crippen LogP contribution is 2.26. The number of hydrogen-bond donors (Lipinski definition) is 1. The minimum atomic E-state index is 0.803. The number of rotatable bonds is 6. The van der Waals surface area contributed by atoms with Crippen LogP contribution in [0.5, 0.6) is 0 Å². The smallest absolute Gasteiger partial charge is 0.152 e. The number of nitrogens with zero attached hydrogens (tertiary/aromatic N) is 2. The Morgan fingerprint density at radius 3 is 2.68 bits per heavy atom. The van der Waals surface area contributed by atoms with Gasteiger partial charge in [0, 0.05) is 18.5 Å². The van der Waals surface area contributed by atoms with Crippen molar-refractivity contribution in [2.75, 3.05) is 11.9 Å². The number of nitrogens with one attached hydrogen (secondary N) is 1. The molecule has 4 nitrogen and oxygen atoms in total. The van der Waals surface area contributed by atoms with Crippen LogP contribution in [-0.4, -0.2) is 16.5 Å². The third-order valence-electron chi connectivity index (χ3n) is 2.96. The van der Waals surface area contributed by atoms with Crippen molar-refractivity contribution in [3.05, 3.63) is 29.8 Å². The van der Waals surface area contributed by atoms with E-state index in [0.29, 0.717) is 0 Å². The lowest BCUT2D eigenvalue weighted by atomic mass is 10.1. The normalized spacial score (nSPS) is 10.7. The minimum Gasteiger partial charge on any atom is -0.463 e. The van der Waals surface area contributed by atoms with Gasteiger partial charge in [-0.3, -0.25) is 0 Å². The van der Waals surface area contributed by atoms with Crippen molar-refractivity contribution < 1.29 is 4.42 Å². The van der Waals surface area contributed by atoms with Gasteiger partial charge in [-0.05, 0) is 31.9 Å². The van der Waals surface area contributed by atoms with E-state index in [1.807, 2.05) is 19.1 Å². The molecule has 0 aliphatic rings. The maximum Gasteiger partial charge on any atom is 0.152 e. The zero-order valence-corrected chi connectivity index (χ0v) is 11.9. The van der Waals surface area contributed by atoms with Gasteiger partial charge in [-0.25, -0.2) is 9.97 Å². The van der Waals surface area contributed by atoms with E-state index in [1.165, 1.54) is 0 Å². The lowest BCUT2D eigenvalue weighted by molar-refractivity contribution is 0.578. The molecule has 2 rings (SSSR count). The van der Waals surface area contributed by atoms with Crippen LogP contribution in [0.15, 0.2) is 22.8 Å². The summed E-state index contributed by atoms with van der Waals surface area (Å²) in [6, 6.07) is 3.82. The van der Waals surface area contributed by atoms with E-state index in [9.17, 15) is 0 Å². The molecule has 4 heteroatoms. The number of hydrogen-bond acceptors (Lipinski definition) is 4. The molecule has 0 aromatic carbocycles. The van der Waals surface area contributed by atoms with Gasteiger partial charge in [0.1, 0.15) is 17.3 Å². The third kappa shape index (κ3) is 3.13. The Morgan fingerprint density at radius 1 is 1.21 bits per heavy atom. The molecule has 0 bridgehead atoms. The summed E-state index contributed by atoms with van der Waals surface area (Å²) < 4.78 is 5.47. The van der Waals surface area contributed by atoms with E-state index >= 15 is 0 Å².